The van der Waals surface area contributed by atoms with E-state index in [9.17, 15) is 9.90 Å². The Kier molecular flexibility index (Phi) is 2.98. The van der Waals surface area contributed by atoms with Crippen molar-refractivity contribution >= 4 is 11.8 Å². The second kappa shape index (κ2) is 4.80. The van der Waals surface area contributed by atoms with E-state index in [1.807, 2.05) is 6.07 Å². The zero-order valence-corrected chi connectivity index (χ0v) is 10.8. The molecule has 1 aliphatic rings. The number of amides is 2. The third-order valence-electron chi connectivity index (χ3n) is 3.35. The summed E-state index contributed by atoms with van der Waals surface area (Å²) in [4.78, 5) is 21.2. The fourth-order valence-corrected chi connectivity index (χ4v) is 2.42. The van der Waals surface area contributed by atoms with Gasteiger partial charge >= 0.3 is 6.03 Å². The molecule has 2 aromatic heterocycles. The van der Waals surface area contributed by atoms with Crippen molar-refractivity contribution in [2.45, 2.75) is 12.8 Å². The van der Waals surface area contributed by atoms with Gasteiger partial charge in [-0.05, 0) is 30.5 Å². The predicted octanol–water partition coefficient (Wildman–Crippen LogP) is 1.68. The first-order valence-electron chi connectivity index (χ1n) is 6.35. The highest BCUT2D eigenvalue weighted by Gasteiger charge is 2.22. The van der Waals surface area contributed by atoms with Gasteiger partial charge in [0.1, 0.15) is 11.6 Å². The fraction of sp³-hybridized carbons (Fsp3) is 0.214. The van der Waals surface area contributed by atoms with Crippen molar-refractivity contribution in [1.82, 2.24) is 9.97 Å². The number of pyridine rings is 2. The average molecular weight is 270 g/mol. The molecule has 0 fully saturated rings. The van der Waals surface area contributed by atoms with E-state index in [-0.39, 0.29) is 5.75 Å². The molecule has 0 aliphatic carbocycles. The molecule has 0 unspecified atom stereocenters. The summed E-state index contributed by atoms with van der Waals surface area (Å²) in [6.45, 7) is 0.600. The molecule has 1 aliphatic heterocycles. The summed E-state index contributed by atoms with van der Waals surface area (Å²) in [6, 6.07) is 3.11. The number of urea groups is 1. The van der Waals surface area contributed by atoms with Gasteiger partial charge in [-0.1, -0.05) is 0 Å². The number of aryl methyl sites for hydroxylation is 1. The number of nitrogens with zero attached hydrogens (tertiary/aromatic N) is 3. The summed E-state index contributed by atoms with van der Waals surface area (Å²) in [5, 5.41) is 9.48. The number of aromatic hydroxyl groups is 1. The van der Waals surface area contributed by atoms with E-state index in [0.717, 1.165) is 29.5 Å². The molecule has 0 atom stereocenters. The summed E-state index contributed by atoms with van der Waals surface area (Å²) in [5.74, 6) is 0.736. The van der Waals surface area contributed by atoms with E-state index in [0.29, 0.717) is 12.4 Å². The third kappa shape index (κ3) is 2.16. The Morgan fingerprint density at radius 2 is 2.05 bits per heavy atom. The number of hydrogen-bond acceptors (Lipinski definition) is 4. The molecule has 3 rings (SSSR count). The number of hydrogen-bond donors (Lipinski definition) is 2. The number of rotatable bonds is 1. The minimum absolute atomic E-state index is 0.110. The molecule has 0 radical (unpaired) electrons. The van der Waals surface area contributed by atoms with E-state index in [1.165, 1.54) is 11.1 Å². The van der Waals surface area contributed by atoms with Crippen molar-refractivity contribution in [2.75, 3.05) is 11.4 Å². The Balaban J connectivity index is 2.03. The van der Waals surface area contributed by atoms with E-state index in [1.54, 1.807) is 18.5 Å². The third-order valence-corrected chi connectivity index (χ3v) is 3.35. The molecule has 2 aromatic rings. The molecular formula is C14H14N4O2. The second-order valence-electron chi connectivity index (χ2n) is 4.73. The van der Waals surface area contributed by atoms with Crippen LogP contribution in [-0.2, 0) is 6.42 Å². The number of carbonyl (C=O) groups excluding carboxylic acids is 1. The zero-order chi connectivity index (χ0) is 14.1. The van der Waals surface area contributed by atoms with Crippen LogP contribution in [0.2, 0.25) is 0 Å². The summed E-state index contributed by atoms with van der Waals surface area (Å²) in [6.07, 6.45) is 6.42. The van der Waals surface area contributed by atoms with E-state index in [2.05, 4.69) is 9.97 Å². The molecule has 0 aromatic carbocycles. The molecule has 0 spiro atoms. The normalized spacial score (nSPS) is 13.9. The van der Waals surface area contributed by atoms with Crippen molar-refractivity contribution in [3.63, 3.8) is 0 Å². The Labute approximate surface area is 115 Å². The molecule has 2 amide bonds. The van der Waals surface area contributed by atoms with Crippen LogP contribution in [0, 0.1) is 0 Å². The fourth-order valence-electron chi connectivity index (χ4n) is 2.42. The molecule has 3 heterocycles. The van der Waals surface area contributed by atoms with Crippen LogP contribution in [-0.4, -0.2) is 27.7 Å². The lowest BCUT2D eigenvalue weighted by atomic mass is 10.0. The number of fused-ring (bicyclic) bond motifs is 1. The Bertz CT molecular complexity index is 672. The molecular weight excluding hydrogens is 256 g/mol. The summed E-state index contributed by atoms with van der Waals surface area (Å²) in [5.41, 5.74) is 7.99. The van der Waals surface area contributed by atoms with Crippen molar-refractivity contribution in [1.29, 1.82) is 0 Å². The van der Waals surface area contributed by atoms with Crippen molar-refractivity contribution in [3.05, 3.63) is 36.3 Å². The second-order valence-corrected chi connectivity index (χ2v) is 4.73. The molecule has 6 heteroatoms. The van der Waals surface area contributed by atoms with Gasteiger partial charge in [0, 0.05) is 30.1 Å². The minimum Gasteiger partial charge on any atom is -0.506 e. The average Bonchev–Trinajstić information content (AvgIpc) is 2.46. The smallest absolute Gasteiger partial charge is 0.320 e. The Hall–Kier alpha value is -2.63. The van der Waals surface area contributed by atoms with Crippen molar-refractivity contribution < 1.29 is 9.90 Å². The lowest BCUT2D eigenvalue weighted by Gasteiger charge is -2.26. The highest BCUT2D eigenvalue weighted by Crippen LogP contribution is 2.29. The largest absolute Gasteiger partial charge is 0.506 e. The van der Waals surface area contributed by atoms with Crippen molar-refractivity contribution in [3.8, 4) is 16.9 Å². The number of carbonyl (C=O) groups is 1. The van der Waals surface area contributed by atoms with Crippen LogP contribution in [0.3, 0.4) is 0 Å². The SMILES string of the molecule is NC(=O)N1CCCc2cc(-c3cncc(O)c3)cnc21. The van der Waals surface area contributed by atoms with Crippen LogP contribution >= 0.6 is 0 Å². The summed E-state index contributed by atoms with van der Waals surface area (Å²) >= 11 is 0. The van der Waals surface area contributed by atoms with E-state index < -0.39 is 6.03 Å². The molecule has 0 bridgehead atoms. The van der Waals surface area contributed by atoms with Gasteiger partial charge in [-0.15, -0.1) is 0 Å². The van der Waals surface area contributed by atoms with Crippen LogP contribution in [0.1, 0.15) is 12.0 Å². The Morgan fingerprint density at radius 3 is 2.80 bits per heavy atom. The van der Waals surface area contributed by atoms with Gasteiger partial charge in [0.25, 0.3) is 0 Å². The molecule has 20 heavy (non-hydrogen) atoms. The predicted molar refractivity (Wildman–Crippen MR) is 74.4 cm³/mol. The monoisotopic (exact) mass is 270 g/mol. The minimum atomic E-state index is -0.481. The van der Waals surface area contributed by atoms with Gasteiger partial charge in [0.05, 0.1) is 6.20 Å². The van der Waals surface area contributed by atoms with Gasteiger partial charge in [0.15, 0.2) is 0 Å². The van der Waals surface area contributed by atoms with Crippen LogP contribution < -0.4 is 10.6 Å². The zero-order valence-electron chi connectivity index (χ0n) is 10.8. The number of nitrogens with two attached hydrogens (primary N) is 1. The molecule has 3 N–H and O–H groups in total. The summed E-state index contributed by atoms with van der Waals surface area (Å²) < 4.78 is 0. The topological polar surface area (TPSA) is 92.3 Å². The van der Waals surface area contributed by atoms with Gasteiger partial charge in [-0.2, -0.15) is 0 Å². The van der Waals surface area contributed by atoms with Gasteiger partial charge < -0.3 is 10.8 Å². The van der Waals surface area contributed by atoms with Gasteiger partial charge in [-0.25, -0.2) is 9.78 Å². The number of primary amides is 1. The highest BCUT2D eigenvalue weighted by molar-refractivity contribution is 5.91. The van der Waals surface area contributed by atoms with E-state index in [4.69, 9.17) is 5.73 Å². The first-order chi connectivity index (χ1) is 9.65. The molecule has 6 nitrogen and oxygen atoms in total. The van der Waals surface area contributed by atoms with Crippen LogP contribution in [0.25, 0.3) is 11.1 Å². The maximum atomic E-state index is 11.4. The van der Waals surface area contributed by atoms with Crippen LogP contribution in [0.4, 0.5) is 10.6 Å². The van der Waals surface area contributed by atoms with Crippen LogP contribution in [0.5, 0.6) is 5.75 Å². The number of aromatic nitrogens is 2. The molecule has 0 saturated carbocycles. The standard InChI is InChI=1S/C14H14N4O2/c15-14(20)18-3-1-2-9-4-10(7-17-13(9)18)11-5-12(19)8-16-6-11/h4-8,19H,1-3H2,(H2,15,20). The first-order valence-corrected chi connectivity index (χ1v) is 6.35. The van der Waals surface area contributed by atoms with Crippen molar-refractivity contribution in [2.24, 2.45) is 5.73 Å². The lowest BCUT2D eigenvalue weighted by molar-refractivity contribution is 0.253. The maximum Gasteiger partial charge on any atom is 0.320 e. The van der Waals surface area contributed by atoms with E-state index >= 15 is 0 Å². The number of anilines is 1. The van der Waals surface area contributed by atoms with Gasteiger partial charge in [-0.3, -0.25) is 9.88 Å². The quantitative estimate of drug-likeness (QED) is 0.824. The molecule has 102 valence electrons. The van der Waals surface area contributed by atoms with Gasteiger partial charge in [0.2, 0.25) is 0 Å². The molecule has 0 saturated heterocycles. The maximum absolute atomic E-state index is 11.4. The highest BCUT2D eigenvalue weighted by atomic mass is 16.3. The first kappa shape index (κ1) is 12.4. The summed E-state index contributed by atoms with van der Waals surface area (Å²) in [7, 11) is 0. The lowest BCUT2D eigenvalue weighted by Crippen LogP contribution is -2.40. The van der Waals surface area contributed by atoms with Crippen LogP contribution in [0.15, 0.2) is 30.7 Å². The Morgan fingerprint density at radius 1 is 1.25 bits per heavy atom.